The first-order valence-electron chi connectivity index (χ1n) is 6.86. The van der Waals surface area contributed by atoms with Crippen LogP contribution in [-0.2, 0) is 11.3 Å². The molecule has 2 heterocycles. The van der Waals surface area contributed by atoms with Gasteiger partial charge in [0.2, 0.25) is 0 Å². The Morgan fingerprint density at radius 1 is 1.53 bits per heavy atom. The van der Waals surface area contributed by atoms with Crippen LogP contribution in [0.2, 0.25) is 0 Å². The first-order valence-corrected chi connectivity index (χ1v) is 6.86. The number of ether oxygens (including phenoxy) is 1. The van der Waals surface area contributed by atoms with E-state index in [1.807, 2.05) is 19.9 Å². The topological polar surface area (TPSA) is 58.5 Å². The van der Waals surface area contributed by atoms with Gasteiger partial charge in [-0.3, -0.25) is 0 Å². The van der Waals surface area contributed by atoms with Crippen LogP contribution in [0, 0.1) is 12.8 Å². The van der Waals surface area contributed by atoms with Crippen molar-refractivity contribution in [3.8, 4) is 0 Å². The zero-order chi connectivity index (χ0) is 13.8. The van der Waals surface area contributed by atoms with Gasteiger partial charge in [-0.05, 0) is 26.7 Å². The van der Waals surface area contributed by atoms with E-state index in [0.29, 0.717) is 12.5 Å². The second-order valence-corrected chi connectivity index (χ2v) is 5.31. The molecular formula is C14H23N3O2. The molecule has 1 aliphatic rings. The van der Waals surface area contributed by atoms with E-state index < -0.39 is 0 Å². The summed E-state index contributed by atoms with van der Waals surface area (Å²) in [6, 6.07) is 2.00. The second-order valence-electron chi connectivity index (χ2n) is 5.31. The van der Waals surface area contributed by atoms with Crippen molar-refractivity contribution in [3.05, 3.63) is 17.6 Å². The van der Waals surface area contributed by atoms with E-state index in [2.05, 4.69) is 14.9 Å². The molecule has 1 aliphatic heterocycles. The third-order valence-electron chi connectivity index (χ3n) is 3.62. The highest BCUT2D eigenvalue weighted by Crippen LogP contribution is 2.24. The fraction of sp³-hybridized carbons (Fsp3) is 0.714. The Bertz CT molecular complexity index is 423. The van der Waals surface area contributed by atoms with Crippen molar-refractivity contribution >= 4 is 5.82 Å². The molecule has 0 bridgehead atoms. The minimum Gasteiger partial charge on any atom is -0.393 e. The molecular weight excluding hydrogens is 242 g/mol. The number of rotatable bonds is 4. The van der Waals surface area contributed by atoms with Crippen LogP contribution in [0.25, 0.3) is 0 Å². The minimum absolute atomic E-state index is 0.260. The van der Waals surface area contributed by atoms with Crippen molar-refractivity contribution in [1.82, 2.24) is 9.97 Å². The average Bonchev–Trinajstić information content (AvgIpc) is 2.38. The first-order chi connectivity index (χ1) is 9.10. The Labute approximate surface area is 114 Å². The molecule has 1 N–H and O–H groups in total. The lowest BCUT2D eigenvalue weighted by Crippen LogP contribution is -2.40. The van der Waals surface area contributed by atoms with E-state index in [0.717, 1.165) is 43.3 Å². The number of piperidine rings is 1. The number of aromatic nitrogens is 2. The fourth-order valence-corrected chi connectivity index (χ4v) is 2.58. The molecule has 0 radical (unpaired) electrons. The minimum atomic E-state index is -0.260. The Morgan fingerprint density at radius 3 is 3.00 bits per heavy atom. The summed E-state index contributed by atoms with van der Waals surface area (Å²) in [6.45, 7) is 6.13. The van der Waals surface area contributed by atoms with Crippen molar-refractivity contribution in [2.45, 2.75) is 39.4 Å². The van der Waals surface area contributed by atoms with Gasteiger partial charge in [0.25, 0.3) is 0 Å². The molecule has 1 saturated heterocycles. The number of hydrogen-bond acceptors (Lipinski definition) is 5. The predicted molar refractivity (Wildman–Crippen MR) is 74.1 cm³/mol. The third-order valence-corrected chi connectivity index (χ3v) is 3.62. The van der Waals surface area contributed by atoms with E-state index in [1.54, 1.807) is 7.11 Å². The van der Waals surface area contributed by atoms with E-state index in [4.69, 9.17) is 4.74 Å². The number of methoxy groups -OCH3 is 1. The average molecular weight is 265 g/mol. The lowest BCUT2D eigenvalue weighted by molar-refractivity contribution is 0.115. The van der Waals surface area contributed by atoms with Crippen molar-refractivity contribution in [2.24, 2.45) is 5.92 Å². The summed E-state index contributed by atoms with van der Waals surface area (Å²) in [6.07, 6.45) is 1.92. The van der Waals surface area contributed by atoms with Crippen molar-refractivity contribution in [2.75, 3.05) is 25.1 Å². The maximum atomic E-state index is 9.76. The van der Waals surface area contributed by atoms with Gasteiger partial charge in [0, 0.05) is 37.9 Å². The van der Waals surface area contributed by atoms with Crippen LogP contribution in [0.15, 0.2) is 6.07 Å². The van der Waals surface area contributed by atoms with Crippen LogP contribution in [0.3, 0.4) is 0 Å². The molecule has 0 aromatic carbocycles. The van der Waals surface area contributed by atoms with E-state index in [9.17, 15) is 5.11 Å². The molecule has 5 nitrogen and oxygen atoms in total. The SMILES string of the molecule is COCc1nc(C)cc(N2CCCC(C(C)O)C2)n1. The van der Waals surface area contributed by atoms with Gasteiger partial charge in [-0.2, -0.15) is 0 Å². The lowest BCUT2D eigenvalue weighted by Gasteiger charge is -2.35. The monoisotopic (exact) mass is 265 g/mol. The normalized spacial score (nSPS) is 21.5. The summed E-state index contributed by atoms with van der Waals surface area (Å²) in [5.41, 5.74) is 0.955. The third kappa shape index (κ3) is 3.64. The number of anilines is 1. The van der Waals surface area contributed by atoms with Gasteiger partial charge in [0.15, 0.2) is 5.82 Å². The summed E-state index contributed by atoms with van der Waals surface area (Å²) in [5, 5.41) is 9.76. The van der Waals surface area contributed by atoms with Gasteiger partial charge in [0.05, 0.1) is 6.10 Å². The highest BCUT2D eigenvalue weighted by Gasteiger charge is 2.24. The molecule has 0 aliphatic carbocycles. The molecule has 2 rings (SSSR count). The van der Waals surface area contributed by atoms with Gasteiger partial charge in [0.1, 0.15) is 12.4 Å². The van der Waals surface area contributed by atoms with E-state index >= 15 is 0 Å². The Morgan fingerprint density at radius 2 is 2.32 bits per heavy atom. The number of aliphatic hydroxyl groups is 1. The Balaban J connectivity index is 2.16. The molecule has 19 heavy (non-hydrogen) atoms. The lowest BCUT2D eigenvalue weighted by atomic mass is 9.93. The van der Waals surface area contributed by atoms with Crippen LogP contribution >= 0.6 is 0 Å². The maximum Gasteiger partial charge on any atom is 0.156 e. The van der Waals surface area contributed by atoms with E-state index in [-0.39, 0.29) is 6.10 Å². The van der Waals surface area contributed by atoms with Gasteiger partial charge in [-0.15, -0.1) is 0 Å². The molecule has 0 saturated carbocycles. The van der Waals surface area contributed by atoms with Crippen molar-refractivity contribution < 1.29 is 9.84 Å². The van der Waals surface area contributed by atoms with E-state index in [1.165, 1.54) is 0 Å². The summed E-state index contributed by atoms with van der Waals surface area (Å²) in [4.78, 5) is 11.2. The standard InChI is InChI=1S/C14H23N3O2/c1-10-7-14(16-13(15-10)9-19-3)17-6-4-5-12(8-17)11(2)18/h7,11-12,18H,4-6,8-9H2,1-3H3. The summed E-state index contributed by atoms with van der Waals surface area (Å²) < 4.78 is 5.10. The highest BCUT2D eigenvalue weighted by atomic mass is 16.5. The summed E-state index contributed by atoms with van der Waals surface area (Å²) in [7, 11) is 1.65. The first kappa shape index (κ1) is 14.2. The Hall–Kier alpha value is -1.20. The largest absolute Gasteiger partial charge is 0.393 e. The molecule has 5 heteroatoms. The molecule has 2 unspecified atom stereocenters. The molecule has 0 amide bonds. The van der Waals surface area contributed by atoms with Gasteiger partial charge in [-0.25, -0.2) is 9.97 Å². The number of aliphatic hydroxyl groups excluding tert-OH is 1. The van der Waals surface area contributed by atoms with Crippen molar-refractivity contribution in [1.29, 1.82) is 0 Å². The summed E-state index contributed by atoms with van der Waals surface area (Å²) >= 11 is 0. The zero-order valence-corrected chi connectivity index (χ0v) is 12.0. The molecule has 2 atom stereocenters. The molecule has 1 fully saturated rings. The highest BCUT2D eigenvalue weighted by molar-refractivity contribution is 5.40. The Kier molecular flexibility index (Phi) is 4.71. The number of hydrogen-bond donors (Lipinski definition) is 1. The molecule has 1 aromatic rings. The number of aryl methyl sites for hydroxylation is 1. The van der Waals surface area contributed by atoms with Gasteiger partial charge in [-0.1, -0.05) is 0 Å². The molecule has 1 aromatic heterocycles. The van der Waals surface area contributed by atoms with Gasteiger partial charge < -0.3 is 14.7 Å². The smallest absolute Gasteiger partial charge is 0.156 e. The van der Waals surface area contributed by atoms with Crippen LogP contribution in [-0.4, -0.2) is 41.4 Å². The van der Waals surface area contributed by atoms with Crippen LogP contribution < -0.4 is 4.90 Å². The maximum absolute atomic E-state index is 9.76. The fourth-order valence-electron chi connectivity index (χ4n) is 2.58. The molecule has 106 valence electrons. The van der Waals surface area contributed by atoms with Gasteiger partial charge >= 0.3 is 0 Å². The second kappa shape index (κ2) is 6.30. The summed E-state index contributed by atoms with van der Waals surface area (Å²) in [5.74, 6) is 2.00. The van der Waals surface area contributed by atoms with Crippen LogP contribution in [0.4, 0.5) is 5.82 Å². The van der Waals surface area contributed by atoms with Crippen LogP contribution in [0.5, 0.6) is 0 Å². The number of nitrogens with zero attached hydrogens (tertiary/aromatic N) is 3. The quantitative estimate of drug-likeness (QED) is 0.894. The molecule has 0 spiro atoms. The zero-order valence-electron chi connectivity index (χ0n) is 12.0. The predicted octanol–water partition coefficient (Wildman–Crippen LogP) is 1.53. The van der Waals surface area contributed by atoms with Crippen LogP contribution in [0.1, 0.15) is 31.3 Å². The van der Waals surface area contributed by atoms with Crippen molar-refractivity contribution in [3.63, 3.8) is 0 Å².